The van der Waals surface area contributed by atoms with Crippen LogP contribution >= 0.6 is 0 Å². The largest absolute Gasteiger partial charge is 0.465 e. The fraction of sp³-hybridized carbons (Fsp3) is 0.529. The molecule has 1 aliphatic carbocycles. The van der Waals surface area contributed by atoms with E-state index in [9.17, 15) is 4.79 Å². The molecule has 20 heavy (non-hydrogen) atoms. The second-order valence-electron chi connectivity index (χ2n) is 5.67. The van der Waals surface area contributed by atoms with Crippen LogP contribution in [-0.2, 0) is 16.0 Å². The van der Waals surface area contributed by atoms with Gasteiger partial charge >= 0.3 is 5.97 Å². The number of hydrogen-bond donors (Lipinski definition) is 0. The van der Waals surface area contributed by atoms with Crippen LogP contribution in [0.2, 0.25) is 0 Å². The smallest absolute Gasteiger partial charge is 0.306 e. The first-order valence-corrected chi connectivity index (χ1v) is 7.31. The van der Waals surface area contributed by atoms with Gasteiger partial charge in [-0.05, 0) is 30.2 Å². The van der Waals surface area contributed by atoms with Gasteiger partial charge in [0.15, 0.2) is 0 Å². The number of nitrogens with zero attached hydrogens (tertiary/aromatic N) is 1. The maximum Gasteiger partial charge on any atom is 0.306 e. The second-order valence-corrected chi connectivity index (χ2v) is 5.67. The van der Waals surface area contributed by atoms with Gasteiger partial charge in [-0.3, -0.25) is 4.79 Å². The third kappa shape index (κ3) is 4.09. The van der Waals surface area contributed by atoms with E-state index in [1.807, 2.05) is 24.3 Å². The SMILES string of the molecule is N#CCCOC(=O)CC1(Cc2ccccc2)CCCC1. The number of carbonyl (C=O) groups is 1. The summed E-state index contributed by atoms with van der Waals surface area (Å²) in [7, 11) is 0. The molecule has 0 spiro atoms. The fourth-order valence-electron chi connectivity index (χ4n) is 3.14. The van der Waals surface area contributed by atoms with Crippen LogP contribution in [0.15, 0.2) is 30.3 Å². The van der Waals surface area contributed by atoms with Gasteiger partial charge in [0.25, 0.3) is 0 Å². The van der Waals surface area contributed by atoms with Crippen molar-refractivity contribution in [2.75, 3.05) is 6.61 Å². The van der Waals surface area contributed by atoms with E-state index >= 15 is 0 Å². The molecule has 1 aliphatic rings. The molecule has 2 rings (SSSR count). The quantitative estimate of drug-likeness (QED) is 0.586. The first kappa shape index (κ1) is 14.6. The molecule has 0 N–H and O–H groups in total. The summed E-state index contributed by atoms with van der Waals surface area (Å²) < 4.78 is 5.15. The molecule has 0 saturated heterocycles. The summed E-state index contributed by atoms with van der Waals surface area (Å²) in [4.78, 5) is 11.9. The first-order valence-electron chi connectivity index (χ1n) is 7.31. The van der Waals surface area contributed by atoms with Gasteiger partial charge in [0.1, 0.15) is 6.61 Å². The molecule has 0 unspecified atom stereocenters. The lowest BCUT2D eigenvalue weighted by molar-refractivity contribution is -0.146. The molecule has 106 valence electrons. The van der Waals surface area contributed by atoms with Crippen molar-refractivity contribution in [2.24, 2.45) is 5.41 Å². The molecule has 3 heteroatoms. The zero-order chi connectivity index (χ0) is 14.3. The van der Waals surface area contributed by atoms with Crippen LogP contribution in [0.4, 0.5) is 0 Å². The average molecular weight is 271 g/mol. The molecule has 1 aromatic rings. The molecule has 0 amide bonds. The van der Waals surface area contributed by atoms with E-state index < -0.39 is 0 Å². The Morgan fingerprint density at radius 3 is 2.60 bits per heavy atom. The molecule has 3 nitrogen and oxygen atoms in total. The lowest BCUT2D eigenvalue weighted by Crippen LogP contribution is -2.25. The van der Waals surface area contributed by atoms with Crippen molar-refractivity contribution in [3.63, 3.8) is 0 Å². The van der Waals surface area contributed by atoms with Gasteiger partial charge in [-0.2, -0.15) is 5.26 Å². The Morgan fingerprint density at radius 1 is 1.25 bits per heavy atom. The van der Waals surface area contributed by atoms with Crippen LogP contribution in [0.5, 0.6) is 0 Å². The van der Waals surface area contributed by atoms with E-state index in [4.69, 9.17) is 10.00 Å². The molecule has 1 saturated carbocycles. The van der Waals surface area contributed by atoms with Gasteiger partial charge in [0, 0.05) is 0 Å². The summed E-state index contributed by atoms with van der Waals surface area (Å²) in [5.74, 6) is -0.155. The maximum atomic E-state index is 11.9. The van der Waals surface area contributed by atoms with Crippen LogP contribution in [0.3, 0.4) is 0 Å². The average Bonchev–Trinajstić information content (AvgIpc) is 2.88. The summed E-state index contributed by atoms with van der Waals surface area (Å²) in [6.45, 7) is 0.219. The predicted octanol–water partition coefficient (Wildman–Crippen LogP) is 3.64. The summed E-state index contributed by atoms with van der Waals surface area (Å²) in [5, 5.41) is 8.47. The number of esters is 1. The molecule has 0 atom stereocenters. The lowest BCUT2D eigenvalue weighted by atomic mass is 9.77. The van der Waals surface area contributed by atoms with Gasteiger partial charge in [-0.25, -0.2) is 0 Å². The number of carbonyl (C=O) groups excluding carboxylic acids is 1. The zero-order valence-corrected chi connectivity index (χ0v) is 11.8. The highest BCUT2D eigenvalue weighted by atomic mass is 16.5. The molecular weight excluding hydrogens is 250 g/mol. The Balaban J connectivity index is 1.96. The summed E-state index contributed by atoms with van der Waals surface area (Å²) >= 11 is 0. The van der Waals surface area contributed by atoms with Gasteiger partial charge in [-0.1, -0.05) is 43.2 Å². The van der Waals surface area contributed by atoms with Crippen molar-refractivity contribution in [2.45, 2.75) is 44.9 Å². The van der Waals surface area contributed by atoms with Crippen molar-refractivity contribution in [1.82, 2.24) is 0 Å². The van der Waals surface area contributed by atoms with Crippen molar-refractivity contribution in [1.29, 1.82) is 5.26 Å². The van der Waals surface area contributed by atoms with Crippen molar-refractivity contribution in [3.05, 3.63) is 35.9 Å². The highest BCUT2D eigenvalue weighted by Gasteiger charge is 2.36. The number of nitriles is 1. The Kier molecular flexibility index (Phi) is 5.17. The maximum absolute atomic E-state index is 11.9. The molecule has 0 bridgehead atoms. The van der Waals surface area contributed by atoms with Crippen LogP contribution in [-0.4, -0.2) is 12.6 Å². The van der Waals surface area contributed by atoms with Crippen LogP contribution in [0.25, 0.3) is 0 Å². The molecular formula is C17H21NO2. The van der Waals surface area contributed by atoms with Crippen LogP contribution in [0.1, 0.15) is 44.1 Å². The monoisotopic (exact) mass is 271 g/mol. The van der Waals surface area contributed by atoms with Gasteiger partial charge in [-0.15, -0.1) is 0 Å². The second kappa shape index (κ2) is 7.09. The molecule has 0 radical (unpaired) electrons. The van der Waals surface area contributed by atoms with Gasteiger partial charge in [0.2, 0.25) is 0 Å². The van der Waals surface area contributed by atoms with E-state index in [1.54, 1.807) is 0 Å². The van der Waals surface area contributed by atoms with Crippen LogP contribution < -0.4 is 0 Å². The van der Waals surface area contributed by atoms with E-state index in [0.29, 0.717) is 6.42 Å². The Labute approximate surface area is 120 Å². The highest BCUT2D eigenvalue weighted by molar-refractivity contribution is 5.70. The van der Waals surface area contributed by atoms with E-state index in [-0.39, 0.29) is 24.4 Å². The van der Waals surface area contributed by atoms with Crippen molar-refractivity contribution >= 4 is 5.97 Å². The minimum Gasteiger partial charge on any atom is -0.465 e. The minimum absolute atomic E-state index is 0.0606. The minimum atomic E-state index is -0.155. The third-order valence-corrected chi connectivity index (χ3v) is 4.08. The van der Waals surface area contributed by atoms with Crippen molar-refractivity contribution < 1.29 is 9.53 Å². The molecule has 0 heterocycles. The van der Waals surface area contributed by atoms with E-state index in [1.165, 1.54) is 18.4 Å². The zero-order valence-electron chi connectivity index (χ0n) is 11.8. The third-order valence-electron chi connectivity index (χ3n) is 4.08. The van der Waals surface area contributed by atoms with E-state index in [2.05, 4.69) is 12.1 Å². The molecule has 1 aromatic carbocycles. The highest BCUT2D eigenvalue weighted by Crippen LogP contribution is 2.44. The van der Waals surface area contributed by atoms with Gasteiger partial charge in [0.05, 0.1) is 18.9 Å². The van der Waals surface area contributed by atoms with E-state index in [0.717, 1.165) is 19.3 Å². The topological polar surface area (TPSA) is 50.1 Å². The fourth-order valence-corrected chi connectivity index (χ4v) is 3.14. The molecule has 1 fully saturated rings. The number of ether oxygens (including phenoxy) is 1. The number of rotatable bonds is 6. The normalized spacial score (nSPS) is 16.6. The summed E-state index contributed by atoms with van der Waals surface area (Å²) in [6, 6.07) is 12.3. The number of hydrogen-bond acceptors (Lipinski definition) is 3. The standard InChI is InChI=1S/C17H21NO2/c18-11-6-12-20-16(19)14-17(9-4-5-10-17)13-15-7-2-1-3-8-15/h1-3,7-8H,4-6,9-10,12-14H2. The Hall–Kier alpha value is -1.82. The first-order chi connectivity index (χ1) is 9.74. The van der Waals surface area contributed by atoms with Crippen molar-refractivity contribution in [3.8, 4) is 6.07 Å². The lowest BCUT2D eigenvalue weighted by Gasteiger charge is -2.28. The van der Waals surface area contributed by atoms with Crippen LogP contribution in [0, 0.1) is 16.7 Å². The summed E-state index contributed by atoms with van der Waals surface area (Å²) in [5.41, 5.74) is 1.35. The molecule has 0 aromatic heterocycles. The predicted molar refractivity (Wildman–Crippen MR) is 76.9 cm³/mol. The Morgan fingerprint density at radius 2 is 1.95 bits per heavy atom. The summed E-state index contributed by atoms with van der Waals surface area (Å²) in [6.07, 6.45) is 6.27. The number of benzene rings is 1. The Bertz CT molecular complexity index is 470. The van der Waals surface area contributed by atoms with Gasteiger partial charge < -0.3 is 4.74 Å². The molecule has 0 aliphatic heterocycles.